The highest BCUT2D eigenvalue weighted by atomic mass is 16.3. The van der Waals surface area contributed by atoms with Crippen LogP contribution in [0.4, 0.5) is 0 Å². The van der Waals surface area contributed by atoms with Crippen molar-refractivity contribution in [3.05, 3.63) is 0 Å². The second-order valence-electron chi connectivity index (χ2n) is 5.97. The van der Waals surface area contributed by atoms with Crippen LogP contribution >= 0.6 is 0 Å². The summed E-state index contributed by atoms with van der Waals surface area (Å²) in [6, 6.07) is 1.04. The van der Waals surface area contributed by atoms with Gasteiger partial charge in [0.25, 0.3) is 0 Å². The molecule has 0 unspecified atom stereocenters. The Hall–Kier alpha value is -0.120. The first kappa shape index (κ1) is 15.9. The number of hydrogen-bond donors (Lipinski definition) is 2. The van der Waals surface area contributed by atoms with Gasteiger partial charge in [0.05, 0.1) is 5.60 Å². The Labute approximate surface area is 113 Å². The van der Waals surface area contributed by atoms with E-state index < -0.39 is 5.60 Å². The molecule has 3 N–H and O–H groups in total. The summed E-state index contributed by atoms with van der Waals surface area (Å²) in [5.41, 5.74) is 5.48. The SMILES string of the molecule is CCCN(CC(O)(CC)CC)C1CCC(N)CC1. The van der Waals surface area contributed by atoms with Crippen LogP contribution in [0.15, 0.2) is 0 Å². The number of aliphatic hydroxyl groups is 1. The van der Waals surface area contributed by atoms with Crippen LogP contribution in [-0.4, -0.2) is 40.8 Å². The van der Waals surface area contributed by atoms with Gasteiger partial charge in [-0.05, 0) is 51.5 Å². The van der Waals surface area contributed by atoms with Gasteiger partial charge in [0.2, 0.25) is 0 Å². The molecule has 0 radical (unpaired) electrons. The van der Waals surface area contributed by atoms with E-state index >= 15 is 0 Å². The first-order chi connectivity index (χ1) is 8.54. The highest BCUT2D eigenvalue weighted by Crippen LogP contribution is 2.25. The average molecular weight is 256 g/mol. The van der Waals surface area contributed by atoms with Gasteiger partial charge in [-0.2, -0.15) is 0 Å². The topological polar surface area (TPSA) is 49.5 Å². The first-order valence-electron chi connectivity index (χ1n) is 7.76. The van der Waals surface area contributed by atoms with Crippen LogP contribution in [0.1, 0.15) is 65.7 Å². The summed E-state index contributed by atoms with van der Waals surface area (Å²) >= 11 is 0. The Bertz CT molecular complexity index is 221. The predicted molar refractivity (Wildman–Crippen MR) is 77.6 cm³/mol. The van der Waals surface area contributed by atoms with Crippen molar-refractivity contribution in [3.8, 4) is 0 Å². The molecule has 1 rings (SSSR count). The van der Waals surface area contributed by atoms with Crippen molar-refractivity contribution < 1.29 is 5.11 Å². The van der Waals surface area contributed by atoms with Gasteiger partial charge in [0.1, 0.15) is 0 Å². The summed E-state index contributed by atoms with van der Waals surface area (Å²) in [5, 5.41) is 10.5. The molecule has 3 heteroatoms. The van der Waals surface area contributed by atoms with E-state index in [1.807, 2.05) is 0 Å². The van der Waals surface area contributed by atoms with Gasteiger partial charge in [0, 0.05) is 18.6 Å². The van der Waals surface area contributed by atoms with Gasteiger partial charge in [-0.15, -0.1) is 0 Å². The third-order valence-corrected chi connectivity index (χ3v) is 4.58. The third-order valence-electron chi connectivity index (χ3n) is 4.58. The molecule has 3 nitrogen and oxygen atoms in total. The molecular weight excluding hydrogens is 224 g/mol. The van der Waals surface area contributed by atoms with Crippen molar-refractivity contribution in [1.82, 2.24) is 4.90 Å². The fourth-order valence-corrected chi connectivity index (χ4v) is 3.00. The van der Waals surface area contributed by atoms with Crippen molar-refractivity contribution in [2.75, 3.05) is 13.1 Å². The van der Waals surface area contributed by atoms with E-state index in [4.69, 9.17) is 5.73 Å². The molecule has 108 valence electrons. The molecule has 0 aromatic heterocycles. The lowest BCUT2D eigenvalue weighted by Crippen LogP contribution is -2.49. The lowest BCUT2D eigenvalue weighted by molar-refractivity contribution is -0.0203. The largest absolute Gasteiger partial charge is 0.389 e. The Morgan fingerprint density at radius 2 is 1.67 bits per heavy atom. The first-order valence-corrected chi connectivity index (χ1v) is 7.76. The van der Waals surface area contributed by atoms with Gasteiger partial charge in [-0.25, -0.2) is 0 Å². The van der Waals surface area contributed by atoms with Crippen LogP contribution in [0.3, 0.4) is 0 Å². The van der Waals surface area contributed by atoms with E-state index in [9.17, 15) is 5.11 Å². The van der Waals surface area contributed by atoms with Crippen molar-refractivity contribution in [2.24, 2.45) is 5.73 Å². The minimum Gasteiger partial charge on any atom is -0.389 e. The smallest absolute Gasteiger partial charge is 0.0769 e. The Morgan fingerprint density at radius 1 is 1.11 bits per heavy atom. The lowest BCUT2D eigenvalue weighted by Gasteiger charge is -2.40. The molecule has 0 atom stereocenters. The molecule has 1 saturated carbocycles. The number of hydrogen-bond acceptors (Lipinski definition) is 3. The Morgan fingerprint density at radius 3 is 2.11 bits per heavy atom. The number of nitrogens with zero attached hydrogens (tertiary/aromatic N) is 1. The number of nitrogens with two attached hydrogens (primary N) is 1. The fourth-order valence-electron chi connectivity index (χ4n) is 3.00. The molecule has 0 heterocycles. The van der Waals surface area contributed by atoms with Crippen molar-refractivity contribution >= 4 is 0 Å². The predicted octanol–water partition coefficient (Wildman–Crippen LogP) is 2.52. The molecule has 0 spiro atoms. The summed E-state index contributed by atoms with van der Waals surface area (Å²) in [4.78, 5) is 2.51. The Balaban J connectivity index is 2.58. The molecule has 0 bridgehead atoms. The third kappa shape index (κ3) is 4.52. The van der Waals surface area contributed by atoms with E-state index in [0.29, 0.717) is 12.1 Å². The molecule has 0 aliphatic heterocycles. The van der Waals surface area contributed by atoms with Crippen molar-refractivity contribution in [1.29, 1.82) is 0 Å². The minimum atomic E-state index is -0.505. The molecular formula is C15H32N2O. The molecule has 1 fully saturated rings. The zero-order valence-electron chi connectivity index (χ0n) is 12.5. The minimum absolute atomic E-state index is 0.404. The van der Waals surface area contributed by atoms with Crippen LogP contribution in [0.25, 0.3) is 0 Å². The molecule has 0 aromatic rings. The van der Waals surface area contributed by atoms with E-state index in [2.05, 4.69) is 25.7 Å². The lowest BCUT2D eigenvalue weighted by atomic mass is 9.88. The molecule has 18 heavy (non-hydrogen) atoms. The van der Waals surface area contributed by atoms with Crippen LogP contribution in [0, 0.1) is 0 Å². The van der Waals surface area contributed by atoms with Gasteiger partial charge >= 0.3 is 0 Å². The van der Waals surface area contributed by atoms with Crippen LogP contribution < -0.4 is 5.73 Å². The zero-order chi connectivity index (χ0) is 13.6. The van der Waals surface area contributed by atoms with E-state index in [1.165, 1.54) is 12.8 Å². The van der Waals surface area contributed by atoms with Crippen LogP contribution in [-0.2, 0) is 0 Å². The van der Waals surface area contributed by atoms with Gasteiger partial charge in [-0.1, -0.05) is 20.8 Å². The standard InChI is InChI=1S/C15H32N2O/c1-4-11-17(12-15(18,5-2)6-3)14-9-7-13(16)8-10-14/h13-14,18H,4-12,16H2,1-3H3. The summed E-state index contributed by atoms with van der Waals surface area (Å²) in [6.07, 6.45) is 7.52. The maximum Gasteiger partial charge on any atom is 0.0769 e. The fraction of sp³-hybridized carbons (Fsp3) is 1.00. The average Bonchev–Trinajstić information content (AvgIpc) is 2.39. The van der Waals surface area contributed by atoms with E-state index in [-0.39, 0.29) is 0 Å². The van der Waals surface area contributed by atoms with Gasteiger partial charge in [-0.3, -0.25) is 4.90 Å². The van der Waals surface area contributed by atoms with Gasteiger partial charge < -0.3 is 10.8 Å². The molecule has 0 saturated heterocycles. The van der Waals surface area contributed by atoms with Gasteiger partial charge in [0.15, 0.2) is 0 Å². The van der Waals surface area contributed by atoms with Crippen LogP contribution in [0.2, 0.25) is 0 Å². The summed E-state index contributed by atoms with van der Waals surface area (Å²) in [6.45, 7) is 8.32. The molecule has 0 aromatic carbocycles. The zero-order valence-corrected chi connectivity index (χ0v) is 12.5. The maximum absolute atomic E-state index is 10.5. The van der Waals surface area contributed by atoms with E-state index in [0.717, 1.165) is 45.2 Å². The Kier molecular flexibility index (Phi) is 6.61. The molecule has 1 aliphatic rings. The van der Waals surface area contributed by atoms with Crippen molar-refractivity contribution in [2.45, 2.75) is 83.4 Å². The van der Waals surface area contributed by atoms with Crippen molar-refractivity contribution in [3.63, 3.8) is 0 Å². The maximum atomic E-state index is 10.5. The second-order valence-corrected chi connectivity index (χ2v) is 5.97. The monoisotopic (exact) mass is 256 g/mol. The summed E-state index contributed by atoms with van der Waals surface area (Å²) < 4.78 is 0. The highest BCUT2D eigenvalue weighted by molar-refractivity contribution is 4.86. The molecule has 1 aliphatic carbocycles. The number of rotatable bonds is 7. The molecule has 0 amide bonds. The summed E-state index contributed by atoms with van der Waals surface area (Å²) in [5.74, 6) is 0. The second kappa shape index (κ2) is 7.46. The normalized spacial score (nSPS) is 25.7. The van der Waals surface area contributed by atoms with E-state index in [1.54, 1.807) is 0 Å². The van der Waals surface area contributed by atoms with Crippen LogP contribution in [0.5, 0.6) is 0 Å². The highest BCUT2D eigenvalue weighted by Gasteiger charge is 2.30. The summed E-state index contributed by atoms with van der Waals surface area (Å²) in [7, 11) is 0. The quantitative estimate of drug-likeness (QED) is 0.736.